The van der Waals surface area contributed by atoms with E-state index in [1.807, 2.05) is 0 Å². The Balaban J connectivity index is 2.07. The minimum Gasteiger partial charge on any atom is -0.384 e. The van der Waals surface area contributed by atoms with Crippen LogP contribution in [0.3, 0.4) is 0 Å². The molecule has 174 valence electrons. The number of hydrogen-bond acceptors (Lipinski definition) is 9. The Labute approximate surface area is 186 Å². The van der Waals surface area contributed by atoms with Crippen molar-refractivity contribution in [2.45, 2.75) is 54.0 Å². The van der Waals surface area contributed by atoms with Crippen LogP contribution in [0.1, 0.15) is 47.4 Å². The summed E-state index contributed by atoms with van der Waals surface area (Å²) in [6.07, 6.45) is 3.57. The molecule has 32 heavy (non-hydrogen) atoms. The van der Waals surface area contributed by atoms with Crippen LogP contribution in [-0.4, -0.2) is 44.1 Å². The first-order valence-electron chi connectivity index (χ1n) is 9.94. The normalized spacial score (nSPS) is 13.0. The molecule has 0 amide bonds. The number of allylic oxidation sites excluding steroid dienone is 2. The lowest BCUT2D eigenvalue weighted by Gasteiger charge is -2.21. The van der Waals surface area contributed by atoms with Gasteiger partial charge in [-0.25, -0.2) is 4.98 Å². The first-order valence-corrected chi connectivity index (χ1v) is 11.4. The molecule has 0 bridgehead atoms. The van der Waals surface area contributed by atoms with Crippen molar-refractivity contribution in [3.63, 3.8) is 0 Å². The number of rotatable bonds is 7. The molecule has 2 rings (SSSR count). The predicted octanol–water partition coefficient (Wildman–Crippen LogP) is 2.62. The van der Waals surface area contributed by atoms with Crippen LogP contribution in [0.5, 0.6) is 0 Å². The SMILES string of the molecule is CC(C)(C)C(=O)OC(OC(=O)C(C)(C)C)[P+](=O)C/C=C/Cc1nc2nc(N)[nH]c(=O)c2[nH]1. The molecule has 0 saturated carbocycles. The summed E-state index contributed by atoms with van der Waals surface area (Å²) in [5, 5.41) is 0. The van der Waals surface area contributed by atoms with Gasteiger partial charge in [-0.2, -0.15) is 4.98 Å². The fourth-order valence-corrected chi connectivity index (χ4v) is 3.16. The van der Waals surface area contributed by atoms with Gasteiger partial charge in [-0.05, 0) is 47.6 Å². The van der Waals surface area contributed by atoms with E-state index in [2.05, 4.69) is 19.9 Å². The first kappa shape index (κ1) is 25.2. The van der Waals surface area contributed by atoms with Crippen LogP contribution in [0.2, 0.25) is 0 Å². The number of nitrogen functional groups attached to an aromatic ring is 1. The smallest absolute Gasteiger partial charge is 0.384 e. The summed E-state index contributed by atoms with van der Waals surface area (Å²) >= 11 is 0. The molecule has 4 N–H and O–H groups in total. The van der Waals surface area contributed by atoms with Gasteiger partial charge < -0.3 is 20.2 Å². The topological polar surface area (TPSA) is 170 Å². The lowest BCUT2D eigenvalue weighted by Crippen LogP contribution is -2.33. The maximum Gasteiger partial charge on any atom is 0.451 e. The van der Waals surface area contributed by atoms with Crippen molar-refractivity contribution < 1.29 is 23.6 Å². The molecular formula is C20H29N5O6P+. The number of imidazole rings is 1. The van der Waals surface area contributed by atoms with E-state index in [0.717, 1.165) is 0 Å². The highest BCUT2D eigenvalue weighted by Crippen LogP contribution is 2.34. The summed E-state index contributed by atoms with van der Waals surface area (Å²) in [5.74, 6) is -0.828. The average molecular weight is 466 g/mol. The molecule has 0 aliphatic rings. The van der Waals surface area contributed by atoms with Crippen molar-refractivity contribution in [3.8, 4) is 0 Å². The van der Waals surface area contributed by atoms with Crippen molar-refractivity contribution in [2.24, 2.45) is 10.8 Å². The van der Waals surface area contributed by atoms with Crippen LogP contribution in [0, 0.1) is 10.8 Å². The molecule has 2 heterocycles. The Morgan fingerprint density at radius 2 is 1.59 bits per heavy atom. The molecule has 2 aromatic heterocycles. The lowest BCUT2D eigenvalue weighted by molar-refractivity contribution is -0.184. The Kier molecular flexibility index (Phi) is 7.56. The van der Waals surface area contributed by atoms with E-state index in [4.69, 9.17) is 15.2 Å². The van der Waals surface area contributed by atoms with Crippen LogP contribution in [0.25, 0.3) is 11.2 Å². The number of ether oxygens (including phenoxy) is 2. The van der Waals surface area contributed by atoms with Gasteiger partial charge in [0.05, 0.1) is 10.8 Å². The summed E-state index contributed by atoms with van der Waals surface area (Å²) in [7, 11) is -2.25. The fourth-order valence-electron chi connectivity index (χ4n) is 2.21. The minimum atomic E-state index is -2.25. The molecule has 0 radical (unpaired) electrons. The Morgan fingerprint density at radius 1 is 1.03 bits per heavy atom. The quantitative estimate of drug-likeness (QED) is 0.240. The zero-order valence-corrected chi connectivity index (χ0v) is 19.9. The number of nitrogens with zero attached hydrogens (tertiary/aromatic N) is 2. The summed E-state index contributed by atoms with van der Waals surface area (Å²) in [5.41, 5.74) is 3.77. The monoisotopic (exact) mass is 466 g/mol. The molecule has 0 aromatic carbocycles. The highest BCUT2D eigenvalue weighted by molar-refractivity contribution is 7.45. The second-order valence-corrected chi connectivity index (χ2v) is 10.8. The molecule has 11 nitrogen and oxygen atoms in total. The van der Waals surface area contributed by atoms with Crippen molar-refractivity contribution >= 4 is 36.9 Å². The average Bonchev–Trinajstić information content (AvgIpc) is 3.05. The van der Waals surface area contributed by atoms with Crippen molar-refractivity contribution in [1.29, 1.82) is 0 Å². The number of H-pyrrole nitrogens is 2. The summed E-state index contributed by atoms with van der Waals surface area (Å²) in [6, 6.07) is -1.50. The third kappa shape index (κ3) is 6.71. The zero-order valence-electron chi connectivity index (χ0n) is 19.0. The summed E-state index contributed by atoms with van der Waals surface area (Å²) in [6.45, 7) is 9.87. The standard InChI is InChI=1S/C20H28N5O6P/c1-19(2,3)15(27)30-18(31-16(28)20(4,5)6)32(29)10-8-7-9-11-22-12-13(23-11)24-17(21)25-14(12)26/h7-8,18H,9-10H2,1-6H3,(H3-,21,22,23,24,25,26)/p+1/b8-7+. The minimum absolute atomic E-state index is 0.000849. The van der Waals surface area contributed by atoms with Gasteiger partial charge in [0.15, 0.2) is 17.3 Å². The number of nitrogens with two attached hydrogens (primary N) is 1. The largest absolute Gasteiger partial charge is 0.451 e. The highest BCUT2D eigenvalue weighted by Gasteiger charge is 2.41. The van der Waals surface area contributed by atoms with Crippen molar-refractivity contribution in [3.05, 3.63) is 28.3 Å². The van der Waals surface area contributed by atoms with E-state index in [9.17, 15) is 18.9 Å². The van der Waals surface area contributed by atoms with Gasteiger partial charge in [0.25, 0.3) is 5.56 Å². The van der Waals surface area contributed by atoms with Crippen LogP contribution < -0.4 is 11.3 Å². The number of anilines is 1. The maximum absolute atomic E-state index is 12.8. The maximum atomic E-state index is 12.8. The van der Waals surface area contributed by atoms with Gasteiger partial charge in [-0.15, -0.1) is 0 Å². The van der Waals surface area contributed by atoms with Crippen LogP contribution in [0.15, 0.2) is 16.9 Å². The van der Waals surface area contributed by atoms with E-state index in [-0.39, 0.29) is 23.3 Å². The van der Waals surface area contributed by atoms with E-state index in [0.29, 0.717) is 12.2 Å². The molecule has 0 spiro atoms. The molecule has 0 saturated heterocycles. The molecular weight excluding hydrogens is 437 g/mol. The number of fused-ring (bicyclic) bond motifs is 1. The number of aromatic nitrogens is 4. The number of nitrogens with one attached hydrogen (secondary N) is 2. The number of aromatic amines is 2. The zero-order chi connectivity index (χ0) is 24.3. The molecule has 1 unspecified atom stereocenters. The third-order valence-corrected chi connectivity index (χ3v) is 5.32. The predicted molar refractivity (Wildman–Crippen MR) is 119 cm³/mol. The van der Waals surface area contributed by atoms with Crippen molar-refractivity contribution in [2.75, 3.05) is 11.9 Å². The first-order chi connectivity index (χ1) is 14.7. The summed E-state index contributed by atoms with van der Waals surface area (Å²) in [4.78, 5) is 49.7. The molecule has 1 atom stereocenters. The second kappa shape index (κ2) is 9.60. The fraction of sp³-hybridized carbons (Fsp3) is 0.550. The van der Waals surface area contributed by atoms with Crippen LogP contribution in [0.4, 0.5) is 5.95 Å². The number of hydrogen-bond donors (Lipinski definition) is 3. The van der Waals surface area contributed by atoms with E-state index in [1.165, 1.54) is 0 Å². The van der Waals surface area contributed by atoms with E-state index < -0.39 is 42.2 Å². The second-order valence-electron chi connectivity index (χ2n) is 9.23. The van der Waals surface area contributed by atoms with Gasteiger partial charge in [0.1, 0.15) is 5.82 Å². The van der Waals surface area contributed by atoms with E-state index in [1.54, 1.807) is 53.7 Å². The highest BCUT2D eigenvalue weighted by atomic mass is 31.1. The lowest BCUT2D eigenvalue weighted by atomic mass is 9.97. The van der Waals surface area contributed by atoms with Gasteiger partial charge in [0, 0.05) is 6.42 Å². The number of carbonyl (C=O) groups excluding carboxylic acids is 2. The molecule has 2 aromatic rings. The van der Waals surface area contributed by atoms with Gasteiger partial charge in [-0.3, -0.25) is 19.4 Å². The van der Waals surface area contributed by atoms with Gasteiger partial charge in [-0.1, -0.05) is 10.6 Å². The number of carbonyl (C=O) groups is 2. The van der Waals surface area contributed by atoms with E-state index >= 15 is 0 Å². The molecule has 0 fully saturated rings. The summed E-state index contributed by atoms with van der Waals surface area (Å²) < 4.78 is 23.2. The van der Waals surface area contributed by atoms with Crippen molar-refractivity contribution in [1.82, 2.24) is 19.9 Å². The molecule has 12 heteroatoms. The Morgan fingerprint density at radius 3 is 2.12 bits per heavy atom. The van der Waals surface area contributed by atoms with Crippen LogP contribution >= 0.6 is 7.80 Å². The van der Waals surface area contributed by atoms with Gasteiger partial charge in [0.2, 0.25) is 5.95 Å². The van der Waals surface area contributed by atoms with Crippen LogP contribution in [-0.2, 0) is 30.0 Å². The number of esters is 2. The molecule has 0 aliphatic carbocycles. The third-order valence-electron chi connectivity index (χ3n) is 4.07. The molecule has 0 aliphatic heterocycles. The Hall–Kier alpha value is -3.07. The Bertz CT molecular complexity index is 1080. The van der Waals surface area contributed by atoms with Gasteiger partial charge >= 0.3 is 25.8 Å².